The lowest BCUT2D eigenvalue weighted by molar-refractivity contribution is -0.117. The van der Waals surface area contributed by atoms with Crippen LogP contribution >= 0.6 is 0 Å². The summed E-state index contributed by atoms with van der Waals surface area (Å²) in [5.41, 5.74) is 5.39. The summed E-state index contributed by atoms with van der Waals surface area (Å²) in [5.74, 6) is -0.339. The van der Waals surface area contributed by atoms with E-state index in [1.54, 1.807) is 19.1 Å². The van der Waals surface area contributed by atoms with Gasteiger partial charge in [0.2, 0.25) is 5.91 Å². The molecule has 1 fully saturated rings. The molecule has 124 valence electrons. The Balaban J connectivity index is 1.81. The van der Waals surface area contributed by atoms with E-state index in [1.807, 2.05) is 0 Å². The van der Waals surface area contributed by atoms with Crippen molar-refractivity contribution in [1.82, 2.24) is 15.0 Å². The summed E-state index contributed by atoms with van der Waals surface area (Å²) in [6.45, 7) is 1.56. The van der Waals surface area contributed by atoms with Crippen molar-refractivity contribution in [3.05, 3.63) is 40.1 Å². The minimum Gasteiger partial charge on any atom is -0.364 e. The zero-order chi connectivity index (χ0) is 17.3. The molecule has 0 atom stereocenters. The second-order valence-electron chi connectivity index (χ2n) is 5.56. The highest BCUT2D eigenvalue weighted by Gasteiger charge is 2.29. The molecule has 2 amide bonds. The first-order valence-electron chi connectivity index (χ1n) is 7.38. The van der Waals surface area contributed by atoms with Crippen LogP contribution in [0.3, 0.4) is 0 Å². The highest BCUT2D eigenvalue weighted by molar-refractivity contribution is 5.93. The number of H-pyrrole nitrogens is 1. The molecule has 2 aromatic heterocycles. The van der Waals surface area contributed by atoms with Crippen molar-refractivity contribution in [2.75, 3.05) is 10.6 Å². The molecule has 0 aliphatic heterocycles. The van der Waals surface area contributed by atoms with Gasteiger partial charge < -0.3 is 21.4 Å². The van der Waals surface area contributed by atoms with E-state index in [2.05, 4.69) is 25.6 Å². The van der Waals surface area contributed by atoms with Crippen LogP contribution in [0.15, 0.2) is 23.1 Å². The number of aryl methyl sites for hydroxylation is 1. The molecule has 2 heterocycles. The van der Waals surface area contributed by atoms with E-state index in [-0.39, 0.29) is 23.3 Å². The lowest BCUT2D eigenvalue weighted by Gasteiger charge is -2.09. The lowest BCUT2D eigenvalue weighted by atomic mass is 10.3. The molecule has 1 aliphatic rings. The summed E-state index contributed by atoms with van der Waals surface area (Å²) in [6.07, 6.45) is 3.30. The third-order valence-electron chi connectivity index (χ3n) is 3.56. The van der Waals surface area contributed by atoms with Crippen molar-refractivity contribution in [3.63, 3.8) is 0 Å². The van der Waals surface area contributed by atoms with Crippen LogP contribution in [0.25, 0.3) is 0 Å². The Morgan fingerprint density at radius 3 is 2.79 bits per heavy atom. The normalized spacial score (nSPS) is 13.4. The first kappa shape index (κ1) is 15.7. The first-order valence-corrected chi connectivity index (χ1v) is 7.38. The number of nitrogens with two attached hydrogens (primary N) is 1. The van der Waals surface area contributed by atoms with Gasteiger partial charge in [-0.1, -0.05) is 0 Å². The summed E-state index contributed by atoms with van der Waals surface area (Å²) < 4.78 is 0. The molecule has 0 spiro atoms. The molecular formula is C15H16N6O3. The fourth-order valence-electron chi connectivity index (χ4n) is 2.15. The van der Waals surface area contributed by atoms with Crippen molar-refractivity contribution < 1.29 is 9.59 Å². The molecule has 2 aromatic rings. The van der Waals surface area contributed by atoms with Gasteiger partial charge in [0.05, 0.1) is 5.69 Å². The fraction of sp³-hybridized carbons (Fsp3) is 0.267. The van der Waals surface area contributed by atoms with E-state index in [0.29, 0.717) is 17.2 Å². The summed E-state index contributed by atoms with van der Waals surface area (Å²) >= 11 is 0. The number of hydrogen-bond acceptors (Lipinski definition) is 6. The maximum Gasteiger partial charge on any atom is 0.291 e. The largest absolute Gasteiger partial charge is 0.364 e. The molecule has 0 unspecified atom stereocenters. The van der Waals surface area contributed by atoms with E-state index in [1.165, 1.54) is 6.20 Å². The summed E-state index contributed by atoms with van der Waals surface area (Å²) in [6, 6.07) is 3.23. The number of rotatable bonds is 5. The number of carbonyl (C=O) groups excluding carboxylic acids is 2. The van der Waals surface area contributed by atoms with Crippen LogP contribution in [0.1, 0.15) is 29.0 Å². The molecule has 5 N–H and O–H groups in total. The summed E-state index contributed by atoms with van der Waals surface area (Å²) in [4.78, 5) is 45.5. The van der Waals surface area contributed by atoms with Gasteiger partial charge in [-0.05, 0) is 25.8 Å². The average Bonchev–Trinajstić information content (AvgIpc) is 3.35. The van der Waals surface area contributed by atoms with Gasteiger partial charge in [-0.2, -0.15) is 0 Å². The predicted octanol–water partition coefficient (Wildman–Crippen LogP) is 0.664. The minimum atomic E-state index is -0.752. The number of aromatic amines is 1. The fourth-order valence-corrected chi connectivity index (χ4v) is 2.15. The number of amides is 2. The Morgan fingerprint density at radius 1 is 1.38 bits per heavy atom. The Labute approximate surface area is 136 Å². The van der Waals surface area contributed by atoms with Gasteiger partial charge in [0, 0.05) is 23.9 Å². The lowest BCUT2D eigenvalue weighted by Crippen LogP contribution is -2.24. The van der Waals surface area contributed by atoms with E-state index in [0.717, 1.165) is 12.8 Å². The van der Waals surface area contributed by atoms with Gasteiger partial charge >= 0.3 is 0 Å². The molecule has 1 saturated carbocycles. The monoisotopic (exact) mass is 328 g/mol. The second kappa shape index (κ2) is 6.11. The number of nitrogens with one attached hydrogen (secondary N) is 3. The van der Waals surface area contributed by atoms with E-state index in [9.17, 15) is 14.4 Å². The van der Waals surface area contributed by atoms with Crippen LogP contribution in [-0.4, -0.2) is 26.8 Å². The topological polar surface area (TPSA) is 143 Å². The standard InChI is InChI=1S/C15H16N6O3/c1-7-11(12(16)22)21-15(24)13(18-7)19-9-4-5-17-10(6-9)20-14(23)8-2-3-8/h4-6,8H,2-3H2,1H3,(H2,16,22)(H,21,24)(H2,17,18,19,20,23). The quantitative estimate of drug-likeness (QED) is 0.635. The Morgan fingerprint density at radius 2 is 2.12 bits per heavy atom. The van der Waals surface area contributed by atoms with Crippen LogP contribution < -0.4 is 21.9 Å². The van der Waals surface area contributed by atoms with Gasteiger partial charge in [0.25, 0.3) is 11.5 Å². The maximum atomic E-state index is 12.0. The van der Waals surface area contributed by atoms with E-state index in [4.69, 9.17) is 5.73 Å². The highest BCUT2D eigenvalue weighted by atomic mass is 16.2. The molecule has 3 rings (SSSR count). The average molecular weight is 328 g/mol. The number of anilines is 3. The van der Waals surface area contributed by atoms with Gasteiger partial charge in [-0.3, -0.25) is 14.4 Å². The number of hydrogen-bond donors (Lipinski definition) is 4. The van der Waals surface area contributed by atoms with Crippen molar-refractivity contribution >= 4 is 29.1 Å². The number of primary amides is 1. The number of aromatic nitrogens is 3. The highest BCUT2D eigenvalue weighted by Crippen LogP contribution is 2.30. The smallest absolute Gasteiger partial charge is 0.291 e. The van der Waals surface area contributed by atoms with Gasteiger partial charge in [-0.15, -0.1) is 0 Å². The Hall–Kier alpha value is -3.23. The predicted molar refractivity (Wildman–Crippen MR) is 87.0 cm³/mol. The Kier molecular flexibility index (Phi) is 3.98. The molecular weight excluding hydrogens is 312 g/mol. The minimum absolute atomic E-state index is 0.0168. The first-order chi connectivity index (χ1) is 11.4. The van der Waals surface area contributed by atoms with Crippen LogP contribution in [0.5, 0.6) is 0 Å². The van der Waals surface area contributed by atoms with Crippen molar-refractivity contribution in [1.29, 1.82) is 0 Å². The zero-order valence-electron chi connectivity index (χ0n) is 12.9. The summed E-state index contributed by atoms with van der Waals surface area (Å²) in [7, 11) is 0. The van der Waals surface area contributed by atoms with Crippen LogP contribution in [0, 0.1) is 12.8 Å². The van der Waals surface area contributed by atoms with Crippen molar-refractivity contribution in [2.45, 2.75) is 19.8 Å². The van der Waals surface area contributed by atoms with E-state index >= 15 is 0 Å². The maximum absolute atomic E-state index is 12.0. The molecule has 1 aliphatic carbocycles. The third kappa shape index (κ3) is 3.40. The molecule has 0 radical (unpaired) electrons. The van der Waals surface area contributed by atoms with Gasteiger partial charge in [0.1, 0.15) is 11.5 Å². The number of pyridine rings is 1. The molecule has 0 aromatic carbocycles. The summed E-state index contributed by atoms with van der Waals surface area (Å²) in [5, 5.41) is 5.56. The zero-order valence-corrected chi connectivity index (χ0v) is 12.9. The molecule has 0 bridgehead atoms. The number of carbonyl (C=O) groups is 2. The van der Waals surface area contributed by atoms with Crippen LogP contribution in [-0.2, 0) is 4.79 Å². The van der Waals surface area contributed by atoms with Crippen LogP contribution in [0.2, 0.25) is 0 Å². The Bertz CT molecular complexity index is 872. The van der Waals surface area contributed by atoms with Crippen molar-refractivity contribution in [3.8, 4) is 0 Å². The van der Waals surface area contributed by atoms with E-state index < -0.39 is 11.5 Å². The molecule has 0 saturated heterocycles. The third-order valence-corrected chi connectivity index (χ3v) is 3.56. The molecule has 9 nitrogen and oxygen atoms in total. The second-order valence-corrected chi connectivity index (χ2v) is 5.56. The molecule has 24 heavy (non-hydrogen) atoms. The van der Waals surface area contributed by atoms with Crippen LogP contribution in [0.4, 0.5) is 17.3 Å². The van der Waals surface area contributed by atoms with Crippen molar-refractivity contribution in [2.24, 2.45) is 11.7 Å². The molecule has 9 heteroatoms. The SMILES string of the molecule is Cc1nc(Nc2ccnc(NC(=O)C3CC3)c2)c(=O)[nH]c1C(N)=O. The van der Waals surface area contributed by atoms with Gasteiger partial charge in [-0.25, -0.2) is 9.97 Å². The van der Waals surface area contributed by atoms with Gasteiger partial charge in [0.15, 0.2) is 5.82 Å². The number of nitrogens with zero attached hydrogens (tertiary/aromatic N) is 2.